The van der Waals surface area contributed by atoms with Gasteiger partial charge in [0.05, 0.1) is 17.1 Å². The molecule has 0 spiro atoms. The Labute approximate surface area is 167 Å². The Morgan fingerprint density at radius 3 is 2.59 bits per heavy atom. The number of carbonyl (C=O) groups excluding carboxylic acids is 1. The molecule has 1 amide bonds. The van der Waals surface area contributed by atoms with Crippen LogP contribution in [0, 0.1) is 17.6 Å². The summed E-state index contributed by atoms with van der Waals surface area (Å²) in [5.74, 6) is -1.35. The molecule has 3 atom stereocenters. The zero-order chi connectivity index (χ0) is 20.9. The van der Waals surface area contributed by atoms with Crippen molar-refractivity contribution in [3.63, 3.8) is 0 Å². The van der Waals surface area contributed by atoms with Gasteiger partial charge in [0.15, 0.2) is 11.6 Å². The molecule has 1 unspecified atom stereocenters. The van der Waals surface area contributed by atoms with Gasteiger partial charge in [0.2, 0.25) is 11.9 Å². The normalized spacial score (nSPS) is 25.0. The highest BCUT2D eigenvalue weighted by Gasteiger charge is 2.35. The number of imidazole rings is 1. The number of nitrogens with two attached hydrogens (primary N) is 1. The van der Waals surface area contributed by atoms with Crippen molar-refractivity contribution in [2.24, 2.45) is 11.7 Å². The summed E-state index contributed by atoms with van der Waals surface area (Å²) in [5.41, 5.74) is 6.48. The van der Waals surface area contributed by atoms with E-state index in [0.717, 1.165) is 18.6 Å². The van der Waals surface area contributed by atoms with E-state index in [1.807, 2.05) is 4.90 Å². The van der Waals surface area contributed by atoms with Crippen molar-refractivity contribution < 1.29 is 18.0 Å². The summed E-state index contributed by atoms with van der Waals surface area (Å²) < 4.78 is 43.1. The molecule has 3 heterocycles. The third-order valence-corrected chi connectivity index (χ3v) is 6.07. The molecule has 0 aliphatic carbocycles. The maximum atomic E-state index is 13.9. The molecule has 2 aliphatic heterocycles. The fourth-order valence-corrected chi connectivity index (χ4v) is 4.28. The number of nitrogens with zero attached hydrogens (tertiary/aromatic N) is 4. The summed E-state index contributed by atoms with van der Waals surface area (Å²) in [5, 5.41) is 0. The van der Waals surface area contributed by atoms with Gasteiger partial charge >= 0.3 is 0 Å². The lowest BCUT2D eigenvalue weighted by Gasteiger charge is -2.44. The van der Waals surface area contributed by atoms with E-state index in [1.165, 1.54) is 0 Å². The van der Waals surface area contributed by atoms with Crippen molar-refractivity contribution in [3.05, 3.63) is 23.8 Å². The summed E-state index contributed by atoms with van der Waals surface area (Å²) in [7, 11) is 0. The molecule has 158 valence electrons. The van der Waals surface area contributed by atoms with E-state index >= 15 is 0 Å². The molecular formula is C20H26F3N5O. The van der Waals surface area contributed by atoms with Gasteiger partial charge in [0, 0.05) is 37.8 Å². The minimum Gasteiger partial charge on any atom is -0.340 e. The molecule has 0 saturated carbocycles. The topological polar surface area (TPSA) is 67.4 Å². The molecule has 2 fully saturated rings. The first-order chi connectivity index (χ1) is 13.8. The van der Waals surface area contributed by atoms with E-state index in [2.05, 4.69) is 18.8 Å². The van der Waals surface area contributed by atoms with Crippen LogP contribution < -0.4 is 10.6 Å². The van der Waals surface area contributed by atoms with E-state index in [4.69, 9.17) is 5.73 Å². The van der Waals surface area contributed by atoms with Crippen molar-refractivity contribution in [1.29, 1.82) is 0 Å². The number of piperidine rings is 1. The zero-order valence-corrected chi connectivity index (χ0v) is 16.6. The van der Waals surface area contributed by atoms with Crippen LogP contribution in [0.25, 0.3) is 11.0 Å². The molecular weight excluding hydrogens is 383 g/mol. The molecule has 2 aromatic rings. The van der Waals surface area contributed by atoms with Crippen LogP contribution >= 0.6 is 0 Å². The second-order valence-electron chi connectivity index (χ2n) is 8.35. The molecule has 2 aliphatic rings. The van der Waals surface area contributed by atoms with Gasteiger partial charge in [-0.05, 0) is 18.8 Å². The monoisotopic (exact) mass is 409 g/mol. The van der Waals surface area contributed by atoms with Gasteiger partial charge in [-0.25, -0.2) is 18.2 Å². The summed E-state index contributed by atoms with van der Waals surface area (Å²) in [6.45, 7) is 5.39. The highest BCUT2D eigenvalue weighted by atomic mass is 19.2. The van der Waals surface area contributed by atoms with Crippen LogP contribution in [0.2, 0.25) is 0 Å². The maximum Gasteiger partial charge on any atom is 0.242 e. The smallest absolute Gasteiger partial charge is 0.242 e. The van der Waals surface area contributed by atoms with E-state index in [1.54, 1.807) is 9.47 Å². The highest BCUT2D eigenvalue weighted by Crippen LogP contribution is 2.29. The van der Waals surface area contributed by atoms with Gasteiger partial charge in [-0.3, -0.25) is 4.79 Å². The SMILES string of the molecule is CC(C)C1CCN1C(=O)Cn1c(N2CC[C@@H](F)[C@H](N)C2)nc2cc(F)c(F)cc21. The number of aromatic nitrogens is 2. The third kappa shape index (κ3) is 3.56. The van der Waals surface area contributed by atoms with Crippen LogP contribution in [0.3, 0.4) is 0 Å². The molecule has 6 nitrogen and oxygen atoms in total. The van der Waals surface area contributed by atoms with Crippen molar-refractivity contribution in [1.82, 2.24) is 14.5 Å². The lowest BCUT2D eigenvalue weighted by atomic mass is 9.92. The first-order valence-corrected chi connectivity index (χ1v) is 10.1. The Bertz CT molecular complexity index is 930. The molecule has 4 rings (SSSR count). The Balaban J connectivity index is 1.70. The van der Waals surface area contributed by atoms with E-state index < -0.39 is 23.8 Å². The molecule has 9 heteroatoms. The Morgan fingerprint density at radius 1 is 1.24 bits per heavy atom. The van der Waals surface area contributed by atoms with Crippen molar-refractivity contribution in [3.8, 4) is 0 Å². The van der Waals surface area contributed by atoms with Gasteiger partial charge in [0.25, 0.3) is 0 Å². The number of halogens is 3. The molecule has 1 aromatic heterocycles. The standard InChI is InChI=1S/C20H26F3N5O/c1-11(2)17-4-6-27(17)19(29)10-28-18-8-14(23)13(22)7-16(18)25-20(28)26-5-3-12(21)15(24)9-26/h7-8,11-12,15,17H,3-6,9-10,24H2,1-2H3/t12-,15-,17?/m1/s1. The predicted molar refractivity (Wildman–Crippen MR) is 104 cm³/mol. The second-order valence-corrected chi connectivity index (χ2v) is 8.35. The van der Waals surface area contributed by atoms with Gasteiger partial charge in [-0.2, -0.15) is 0 Å². The number of alkyl halides is 1. The highest BCUT2D eigenvalue weighted by molar-refractivity contribution is 5.84. The van der Waals surface area contributed by atoms with E-state index in [-0.39, 0.29) is 37.0 Å². The van der Waals surface area contributed by atoms with Crippen LogP contribution in [0.4, 0.5) is 19.1 Å². The number of hydrogen-bond acceptors (Lipinski definition) is 4. The minimum absolute atomic E-state index is 0.0368. The quantitative estimate of drug-likeness (QED) is 0.843. The molecule has 29 heavy (non-hydrogen) atoms. The van der Waals surface area contributed by atoms with Crippen LogP contribution in [0.5, 0.6) is 0 Å². The summed E-state index contributed by atoms with van der Waals surface area (Å²) >= 11 is 0. The Kier molecular flexibility index (Phi) is 5.18. The Morgan fingerprint density at radius 2 is 1.97 bits per heavy atom. The average molecular weight is 409 g/mol. The van der Waals surface area contributed by atoms with Crippen LogP contribution in [0.1, 0.15) is 26.7 Å². The van der Waals surface area contributed by atoms with E-state index in [9.17, 15) is 18.0 Å². The van der Waals surface area contributed by atoms with Crippen molar-refractivity contribution >= 4 is 22.9 Å². The van der Waals surface area contributed by atoms with E-state index in [0.29, 0.717) is 30.5 Å². The first kappa shape index (κ1) is 20.0. The second kappa shape index (κ2) is 7.51. The lowest BCUT2D eigenvalue weighted by molar-refractivity contribution is -0.141. The number of likely N-dealkylation sites (tertiary alicyclic amines) is 1. The van der Waals surface area contributed by atoms with Gasteiger partial charge in [0.1, 0.15) is 12.7 Å². The number of hydrogen-bond donors (Lipinski definition) is 1. The number of benzene rings is 1. The van der Waals surface area contributed by atoms with Crippen LogP contribution in [0.15, 0.2) is 12.1 Å². The van der Waals surface area contributed by atoms with Crippen LogP contribution in [-0.2, 0) is 11.3 Å². The minimum atomic E-state index is -1.10. The molecule has 1 aromatic carbocycles. The molecule has 2 saturated heterocycles. The van der Waals surface area contributed by atoms with Gasteiger partial charge in [-0.15, -0.1) is 0 Å². The predicted octanol–water partition coefficient (Wildman–Crippen LogP) is 2.45. The van der Waals surface area contributed by atoms with Gasteiger partial charge < -0.3 is 20.1 Å². The fourth-order valence-electron chi connectivity index (χ4n) is 4.28. The largest absolute Gasteiger partial charge is 0.340 e. The summed E-state index contributed by atoms with van der Waals surface area (Å²) in [4.78, 5) is 21.0. The average Bonchev–Trinajstić information content (AvgIpc) is 2.94. The van der Waals surface area contributed by atoms with Gasteiger partial charge in [-0.1, -0.05) is 13.8 Å². The first-order valence-electron chi connectivity index (χ1n) is 10.1. The zero-order valence-electron chi connectivity index (χ0n) is 16.6. The number of fused-ring (bicyclic) bond motifs is 1. The van der Waals surface area contributed by atoms with Crippen molar-refractivity contribution in [2.75, 3.05) is 24.5 Å². The maximum absolute atomic E-state index is 13.9. The fraction of sp³-hybridized carbons (Fsp3) is 0.600. The lowest BCUT2D eigenvalue weighted by Crippen LogP contribution is -2.54. The number of anilines is 1. The number of amides is 1. The van der Waals surface area contributed by atoms with Crippen LogP contribution in [-0.4, -0.2) is 58.2 Å². The molecule has 0 radical (unpaired) electrons. The summed E-state index contributed by atoms with van der Waals surface area (Å²) in [6, 6.07) is 1.59. The molecule has 2 N–H and O–H groups in total. The summed E-state index contributed by atoms with van der Waals surface area (Å²) in [6.07, 6.45) is 0.0934. The number of carbonyl (C=O) groups is 1. The van der Waals surface area contributed by atoms with Crippen molar-refractivity contribution in [2.45, 2.75) is 51.5 Å². The number of rotatable bonds is 4. The third-order valence-electron chi connectivity index (χ3n) is 6.07. The molecule has 0 bridgehead atoms. The Hall–Kier alpha value is -2.29.